The van der Waals surface area contributed by atoms with Gasteiger partial charge in [-0.15, -0.1) is 0 Å². The summed E-state index contributed by atoms with van der Waals surface area (Å²) >= 11 is 6.18. The van der Waals surface area contributed by atoms with Crippen molar-refractivity contribution in [3.05, 3.63) is 52.8 Å². The lowest BCUT2D eigenvalue weighted by Crippen LogP contribution is -2.26. The molecule has 0 aliphatic rings. The maximum absolute atomic E-state index is 6.18. The highest BCUT2D eigenvalue weighted by Crippen LogP contribution is 2.21. The fourth-order valence-electron chi connectivity index (χ4n) is 1.95. The topological polar surface area (TPSA) is 50.7 Å². The fraction of sp³-hybridized carbons (Fsp3) is 0.400. The van der Waals surface area contributed by atoms with E-state index in [1.54, 1.807) is 12.4 Å². The van der Waals surface area contributed by atoms with Crippen molar-refractivity contribution in [2.24, 2.45) is 0 Å². The molecular weight excluding hydrogens is 272 g/mol. The molecule has 0 aliphatic heterocycles. The number of aryl methyl sites for hydroxylation is 1. The van der Waals surface area contributed by atoms with Gasteiger partial charge in [0, 0.05) is 24.8 Å². The van der Waals surface area contributed by atoms with Crippen molar-refractivity contribution < 1.29 is 0 Å². The monoisotopic (exact) mass is 290 g/mol. The highest BCUT2D eigenvalue weighted by atomic mass is 35.5. The van der Waals surface area contributed by atoms with Crippen LogP contribution in [0.1, 0.15) is 36.3 Å². The molecule has 0 saturated carbocycles. The summed E-state index contributed by atoms with van der Waals surface area (Å²) in [5.41, 5.74) is 2.12. The lowest BCUT2D eigenvalue weighted by atomic mass is 10.1. The molecule has 0 bridgehead atoms. The van der Waals surface area contributed by atoms with Crippen molar-refractivity contribution >= 4 is 11.6 Å². The molecule has 106 valence electrons. The summed E-state index contributed by atoms with van der Waals surface area (Å²) in [6.07, 6.45) is 8.93. The van der Waals surface area contributed by atoms with E-state index in [-0.39, 0.29) is 6.04 Å². The summed E-state index contributed by atoms with van der Waals surface area (Å²) in [7, 11) is 0. The normalized spacial score (nSPS) is 12.3. The van der Waals surface area contributed by atoms with E-state index < -0.39 is 0 Å². The Bertz CT molecular complexity index is 542. The average molecular weight is 291 g/mol. The molecule has 4 nitrogen and oxygen atoms in total. The van der Waals surface area contributed by atoms with Crippen LogP contribution in [0, 0.1) is 6.92 Å². The molecule has 5 heteroatoms. The number of pyridine rings is 1. The van der Waals surface area contributed by atoms with Gasteiger partial charge in [-0.3, -0.25) is 4.98 Å². The molecule has 2 rings (SSSR count). The molecule has 20 heavy (non-hydrogen) atoms. The summed E-state index contributed by atoms with van der Waals surface area (Å²) in [5, 5.41) is 4.16. The number of nitrogens with zero attached hydrogens (tertiary/aromatic N) is 3. The van der Waals surface area contributed by atoms with Crippen LogP contribution in [-0.4, -0.2) is 21.5 Å². The molecule has 1 unspecified atom stereocenters. The molecule has 0 amide bonds. The van der Waals surface area contributed by atoms with E-state index in [0.717, 1.165) is 36.3 Å². The van der Waals surface area contributed by atoms with E-state index in [1.165, 1.54) is 0 Å². The Morgan fingerprint density at radius 1 is 1.25 bits per heavy atom. The zero-order valence-electron chi connectivity index (χ0n) is 11.8. The Morgan fingerprint density at radius 3 is 2.65 bits per heavy atom. The molecule has 1 N–H and O–H groups in total. The number of hydrogen-bond acceptors (Lipinski definition) is 4. The van der Waals surface area contributed by atoms with Crippen LogP contribution in [0.25, 0.3) is 0 Å². The first-order chi connectivity index (χ1) is 9.70. The zero-order valence-corrected chi connectivity index (χ0v) is 12.6. The molecule has 0 saturated heterocycles. The summed E-state index contributed by atoms with van der Waals surface area (Å²) in [5.74, 6) is 0.803. The van der Waals surface area contributed by atoms with Crippen molar-refractivity contribution in [2.45, 2.75) is 32.7 Å². The van der Waals surface area contributed by atoms with Crippen LogP contribution in [0.5, 0.6) is 0 Å². The largest absolute Gasteiger partial charge is 0.307 e. The van der Waals surface area contributed by atoms with Gasteiger partial charge in [-0.25, -0.2) is 9.97 Å². The molecule has 0 fully saturated rings. The maximum Gasteiger partial charge on any atom is 0.145 e. The van der Waals surface area contributed by atoms with E-state index in [2.05, 4.69) is 27.2 Å². The van der Waals surface area contributed by atoms with Crippen molar-refractivity contribution in [1.29, 1.82) is 0 Å². The van der Waals surface area contributed by atoms with E-state index in [0.29, 0.717) is 5.02 Å². The molecule has 1 atom stereocenters. The van der Waals surface area contributed by atoms with E-state index >= 15 is 0 Å². The molecule has 0 radical (unpaired) electrons. The van der Waals surface area contributed by atoms with Gasteiger partial charge in [-0.1, -0.05) is 18.5 Å². The third-order valence-electron chi connectivity index (χ3n) is 3.03. The SMILES string of the molecule is CCCNC(Cc1ccncc1Cl)c1ncc(C)cn1. The van der Waals surface area contributed by atoms with Gasteiger partial charge in [0.2, 0.25) is 0 Å². The third-order valence-corrected chi connectivity index (χ3v) is 3.37. The second-order valence-electron chi connectivity index (χ2n) is 4.80. The highest BCUT2D eigenvalue weighted by Gasteiger charge is 2.15. The Labute approximate surface area is 124 Å². The summed E-state index contributed by atoms with van der Waals surface area (Å²) in [4.78, 5) is 12.9. The van der Waals surface area contributed by atoms with Crippen LogP contribution in [0.2, 0.25) is 5.02 Å². The predicted octanol–water partition coefficient (Wildman–Crippen LogP) is 3.12. The Hall–Kier alpha value is -1.52. The minimum Gasteiger partial charge on any atom is -0.307 e. The standard InChI is InChI=1S/C15H19ClN4/c1-3-5-18-14(15-19-8-11(2)9-20-15)7-12-4-6-17-10-13(12)16/h4,6,8-10,14,18H,3,5,7H2,1-2H3. The van der Waals surface area contributed by atoms with E-state index in [4.69, 9.17) is 11.6 Å². The molecule has 0 aliphatic carbocycles. The summed E-state index contributed by atoms with van der Waals surface area (Å²) < 4.78 is 0. The molecule has 2 aromatic rings. The van der Waals surface area contributed by atoms with Crippen molar-refractivity contribution in [3.8, 4) is 0 Å². The minimum atomic E-state index is 0.0652. The number of rotatable bonds is 6. The van der Waals surface area contributed by atoms with Gasteiger partial charge in [0.15, 0.2) is 0 Å². The second-order valence-corrected chi connectivity index (χ2v) is 5.20. The smallest absolute Gasteiger partial charge is 0.145 e. The van der Waals surface area contributed by atoms with Crippen molar-refractivity contribution in [2.75, 3.05) is 6.54 Å². The number of aromatic nitrogens is 3. The van der Waals surface area contributed by atoms with Crippen LogP contribution >= 0.6 is 11.6 Å². The first-order valence-electron chi connectivity index (χ1n) is 6.81. The summed E-state index contributed by atoms with van der Waals surface area (Å²) in [6, 6.07) is 2.01. The van der Waals surface area contributed by atoms with Crippen LogP contribution < -0.4 is 5.32 Å². The van der Waals surface area contributed by atoms with Crippen molar-refractivity contribution in [3.63, 3.8) is 0 Å². The van der Waals surface area contributed by atoms with Crippen LogP contribution in [0.3, 0.4) is 0 Å². The first kappa shape index (κ1) is 14.9. The number of halogens is 1. The van der Waals surface area contributed by atoms with E-state index in [1.807, 2.05) is 25.4 Å². The van der Waals surface area contributed by atoms with Gasteiger partial charge in [0.1, 0.15) is 5.82 Å². The minimum absolute atomic E-state index is 0.0652. The van der Waals surface area contributed by atoms with Gasteiger partial charge in [0.25, 0.3) is 0 Å². The Balaban J connectivity index is 2.19. The molecule has 0 aromatic carbocycles. The molecule has 2 aromatic heterocycles. The van der Waals surface area contributed by atoms with Gasteiger partial charge in [-0.05, 0) is 43.5 Å². The Kier molecular flexibility index (Phi) is 5.44. The van der Waals surface area contributed by atoms with Crippen LogP contribution in [0.4, 0.5) is 0 Å². The first-order valence-corrected chi connectivity index (χ1v) is 7.18. The van der Waals surface area contributed by atoms with Gasteiger partial charge in [-0.2, -0.15) is 0 Å². The van der Waals surface area contributed by atoms with Gasteiger partial charge >= 0.3 is 0 Å². The predicted molar refractivity (Wildman–Crippen MR) is 80.8 cm³/mol. The maximum atomic E-state index is 6.18. The third kappa shape index (κ3) is 3.99. The lowest BCUT2D eigenvalue weighted by Gasteiger charge is -2.17. The number of nitrogens with one attached hydrogen (secondary N) is 1. The molecule has 2 heterocycles. The fourth-order valence-corrected chi connectivity index (χ4v) is 2.14. The van der Waals surface area contributed by atoms with Crippen LogP contribution in [-0.2, 0) is 6.42 Å². The molecule has 0 spiro atoms. The summed E-state index contributed by atoms with van der Waals surface area (Å²) in [6.45, 7) is 5.04. The zero-order chi connectivity index (χ0) is 14.4. The second kappa shape index (κ2) is 7.31. The number of hydrogen-bond donors (Lipinski definition) is 1. The van der Waals surface area contributed by atoms with Crippen molar-refractivity contribution in [1.82, 2.24) is 20.3 Å². The highest BCUT2D eigenvalue weighted by molar-refractivity contribution is 6.31. The quantitative estimate of drug-likeness (QED) is 0.888. The Morgan fingerprint density at radius 2 is 2.00 bits per heavy atom. The lowest BCUT2D eigenvalue weighted by molar-refractivity contribution is 0.504. The van der Waals surface area contributed by atoms with E-state index in [9.17, 15) is 0 Å². The van der Waals surface area contributed by atoms with Crippen LogP contribution in [0.15, 0.2) is 30.9 Å². The van der Waals surface area contributed by atoms with Gasteiger partial charge < -0.3 is 5.32 Å². The average Bonchev–Trinajstić information content (AvgIpc) is 2.46. The van der Waals surface area contributed by atoms with Gasteiger partial charge in [0.05, 0.1) is 11.1 Å². The molecular formula is C15H19ClN4.